The molecule has 0 aliphatic rings. The standard InChI is InChI=1S/C22H30N4O3.HI/c1-5-23-22(24-13-12-16-8-11-19(27)20(14-16)29-4)25-15-17-6-9-18(10-7-17)21(28)26(2)3;/h6-11,14,27H,5,12-13,15H2,1-4H3,(H2,23,24,25);1H. The Labute approximate surface area is 195 Å². The number of carbonyl (C=O) groups is 1. The number of halogens is 1. The Balaban J connectivity index is 0.00000450. The van der Waals surface area contributed by atoms with E-state index in [2.05, 4.69) is 15.6 Å². The molecule has 164 valence electrons. The average Bonchev–Trinajstić information content (AvgIpc) is 2.73. The van der Waals surface area contributed by atoms with Gasteiger partial charge in [0, 0.05) is 32.7 Å². The van der Waals surface area contributed by atoms with E-state index >= 15 is 0 Å². The first-order chi connectivity index (χ1) is 13.9. The van der Waals surface area contributed by atoms with Gasteiger partial charge in [-0.15, -0.1) is 24.0 Å². The normalized spacial score (nSPS) is 10.7. The third kappa shape index (κ3) is 7.74. The molecular weight excluding hydrogens is 495 g/mol. The molecule has 1 amide bonds. The lowest BCUT2D eigenvalue weighted by atomic mass is 10.1. The van der Waals surface area contributed by atoms with Crippen molar-refractivity contribution in [3.63, 3.8) is 0 Å². The van der Waals surface area contributed by atoms with Crippen LogP contribution in [0.25, 0.3) is 0 Å². The monoisotopic (exact) mass is 526 g/mol. The summed E-state index contributed by atoms with van der Waals surface area (Å²) < 4.78 is 5.15. The van der Waals surface area contributed by atoms with Gasteiger partial charge in [-0.1, -0.05) is 18.2 Å². The fourth-order valence-corrected chi connectivity index (χ4v) is 2.73. The molecule has 0 aromatic heterocycles. The summed E-state index contributed by atoms with van der Waals surface area (Å²) in [5, 5.41) is 16.2. The first-order valence-corrected chi connectivity index (χ1v) is 9.63. The summed E-state index contributed by atoms with van der Waals surface area (Å²) in [5.74, 6) is 1.32. The molecule has 0 heterocycles. The molecular formula is C22H31IN4O3. The zero-order chi connectivity index (χ0) is 21.2. The molecule has 2 rings (SSSR count). The molecule has 7 nitrogen and oxygen atoms in total. The molecule has 0 atom stereocenters. The number of nitrogens with one attached hydrogen (secondary N) is 2. The van der Waals surface area contributed by atoms with Crippen LogP contribution in [0.3, 0.4) is 0 Å². The number of nitrogens with zero attached hydrogens (tertiary/aromatic N) is 2. The minimum absolute atomic E-state index is 0. The van der Waals surface area contributed by atoms with Crippen molar-refractivity contribution in [1.82, 2.24) is 15.5 Å². The molecule has 30 heavy (non-hydrogen) atoms. The zero-order valence-corrected chi connectivity index (χ0v) is 20.3. The lowest BCUT2D eigenvalue weighted by Gasteiger charge is -2.12. The number of phenols is 1. The Hall–Kier alpha value is -2.49. The molecule has 0 saturated heterocycles. The smallest absolute Gasteiger partial charge is 0.253 e. The number of methoxy groups -OCH3 is 1. The second-order valence-corrected chi connectivity index (χ2v) is 6.77. The van der Waals surface area contributed by atoms with E-state index in [9.17, 15) is 9.90 Å². The number of hydrogen-bond donors (Lipinski definition) is 3. The van der Waals surface area contributed by atoms with Crippen molar-refractivity contribution in [1.29, 1.82) is 0 Å². The van der Waals surface area contributed by atoms with E-state index in [0.717, 1.165) is 30.1 Å². The number of hydrogen-bond acceptors (Lipinski definition) is 4. The van der Waals surface area contributed by atoms with Crippen molar-refractivity contribution in [2.24, 2.45) is 4.99 Å². The second kappa shape index (κ2) is 12.9. The number of aliphatic imine (C=N–C) groups is 1. The van der Waals surface area contributed by atoms with Crippen LogP contribution in [0.4, 0.5) is 0 Å². The van der Waals surface area contributed by atoms with Gasteiger partial charge in [-0.2, -0.15) is 0 Å². The van der Waals surface area contributed by atoms with Crippen LogP contribution in [0.1, 0.15) is 28.4 Å². The van der Waals surface area contributed by atoms with Gasteiger partial charge >= 0.3 is 0 Å². The summed E-state index contributed by atoms with van der Waals surface area (Å²) in [6, 6.07) is 12.8. The maximum atomic E-state index is 12.0. The van der Waals surface area contributed by atoms with Crippen LogP contribution in [0.2, 0.25) is 0 Å². The summed E-state index contributed by atoms with van der Waals surface area (Å²) in [4.78, 5) is 18.1. The molecule has 0 saturated carbocycles. The van der Waals surface area contributed by atoms with Gasteiger partial charge in [-0.25, -0.2) is 4.99 Å². The Morgan fingerprint density at radius 3 is 2.37 bits per heavy atom. The number of benzene rings is 2. The van der Waals surface area contributed by atoms with Crippen molar-refractivity contribution in [3.05, 3.63) is 59.2 Å². The zero-order valence-electron chi connectivity index (χ0n) is 17.9. The van der Waals surface area contributed by atoms with Crippen LogP contribution in [-0.2, 0) is 13.0 Å². The lowest BCUT2D eigenvalue weighted by molar-refractivity contribution is 0.0827. The third-order valence-electron chi connectivity index (χ3n) is 4.32. The first-order valence-electron chi connectivity index (χ1n) is 9.63. The van der Waals surface area contributed by atoms with Gasteiger partial charge in [0.05, 0.1) is 13.7 Å². The minimum atomic E-state index is -0.0130. The van der Waals surface area contributed by atoms with Crippen molar-refractivity contribution >= 4 is 35.8 Å². The largest absolute Gasteiger partial charge is 0.504 e. The fraction of sp³-hybridized carbons (Fsp3) is 0.364. The van der Waals surface area contributed by atoms with Crippen LogP contribution in [0.15, 0.2) is 47.5 Å². The van der Waals surface area contributed by atoms with Gasteiger partial charge < -0.3 is 25.4 Å². The number of guanidine groups is 1. The SMILES string of the molecule is CCNC(=NCc1ccc(C(=O)N(C)C)cc1)NCCc1ccc(O)c(OC)c1.I. The number of ether oxygens (including phenoxy) is 1. The highest BCUT2D eigenvalue weighted by Crippen LogP contribution is 2.26. The summed E-state index contributed by atoms with van der Waals surface area (Å²) in [6.45, 7) is 3.98. The Bertz CT molecular complexity index is 839. The molecule has 3 N–H and O–H groups in total. The highest BCUT2D eigenvalue weighted by Gasteiger charge is 2.07. The maximum Gasteiger partial charge on any atom is 0.253 e. The van der Waals surface area contributed by atoms with Gasteiger partial charge in [-0.05, 0) is 48.7 Å². The number of carbonyl (C=O) groups excluding carboxylic acids is 1. The predicted octanol–water partition coefficient (Wildman–Crippen LogP) is 3.02. The number of rotatable bonds is 8. The first kappa shape index (κ1) is 25.5. The molecule has 2 aromatic carbocycles. The molecule has 0 fully saturated rings. The van der Waals surface area contributed by atoms with Crippen molar-refractivity contribution in [2.45, 2.75) is 19.9 Å². The molecule has 0 unspecified atom stereocenters. The Morgan fingerprint density at radius 1 is 1.10 bits per heavy atom. The summed E-state index contributed by atoms with van der Waals surface area (Å²) in [6.07, 6.45) is 0.766. The lowest BCUT2D eigenvalue weighted by Crippen LogP contribution is -2.38. The summed E-state index contributed by atoms with van der Waals surface area (Å²) >= 11 is 0. The number of aromatic hydroxyl groups is 1. The van der Waals surface area contributed by atoms with Crippen molar-refractivity contribution < 1.29 is 14.6 Å². The van der Waals surface area contributed by atoms with Gasteiger partial charge in [0.25, 0.3) is 5.91 Å². The highest BCUT2D eigenvalue weighted by molar-refractivity contribution is 14.0. The Morgan fingerprint density at radius 2 is 1.77 bits per heavy atom. The maximum absolute atomic E-state index is 12.0. The van der Waals surface area contributed by atoms with Crippen LogP contribution < -0.4 is 15.4 Å². The van der Waals surface area contributed by atoms with E-state index in [0.29, 0.717) is 24.4 Å². The van der Waals surface area contributed by atoms with Gasteiger partial charge in [0.2, 0.25) is 0 Å². The van der Waals surface area contributed by atoms with E-state index in [1.54, 1.807) is 25.1 Å². The summed E-state index contributed by atoms with van der Waals surface area (Å²) in [5.41, 5.74) is 2.75. The predicted molar refractivity (Wildman–Crippen MR) is 131 cm³/mol. The fourth-order valence-electron chi connectivity index (χ4n) is 2.73. The highest BCUT2D eigenvalue weighted by atomic mass is 127. The van der Waals surface area contributed by atoms with Crippen LogP contribution >= 0.6 is 24.0 Å². The average molecular weight is 526 g/mol. The van der Waals surface area contributed by atoms with Crippen molar-refractivity contribution in [2.75, 3.05) is 34.3 Å². The van der Waals surface area contributed by atoms with Gasteiger partial charge in [0.15, 0.2) is 17.5 Å². The molecule has 2 aromatic rings. The number of amides is 1. The van der Waals surface area contributed by atoms with Crippen molar-refractivity contribution in [3.8, 4) is 11.5 Å². The topological polar surface area (TPSA) is 86.2 Å². The van der Waals surface area contributed by atoms with E-state index in [1.165, 1.54) is 7.11 Å². The van der Waals surface area contributed by atoms with Crippen LogP contribution in [0.5, 0.6) is 11.5 Å². The molecule has 0 spiro atoms. The summed E-state index contributed by atoms with van der Waals surface area (Å²) in [7, 11) is 5.02. The van der Waals surface area contributed by atoms with E-state index in [1.807, 2.05) is 43.3 Å². The quantitative estimate of drug-likeness (QED) is 0.280. The van der Waals surface area contributed by atoms with E-state index in [4.69, 9.17) is 4.74 Å². The molecule has 0 aliphatic heterocycles. The second-order valence-electron chi connectivity index (χ2n) is 6.77. The van der Waals surface area contributed by atoms with E-state index < -0.39 is 0 Å². The van der Waals surface area contributed by atoms with Crippen LogP contribution in [-0.4, -0.2) is 56.2 Å². The van der Waals surface area contributed by atoms with Gasteiger partial charge in [0.1, 0.15) is 0 Å². The van der Waals surface area contributed by atoms with Gasteiger partial charge in [-0.3, -0.25) is 4.79 Å². The Kier molecular flexibility index (Phi) is 11.0. The molecule has 0 radical (unpaired) electrons. The molecule has 0 aliphatic carbocycles. The number of phenolic OH excluding ortho intramolecular Hbond substituents is 1. The third-order valence-corrected chi connectivity index (χ3v) is 4.32. The van der Waals surface area contributed by atoms with Crippen LogP contribution in [0, 0.1) is 0 Å². The molecule has 8 heteroatoms. The minimum Gasteiger partial charge on any atom is -0.504 e. The molecule has 0 bridgehead atoms. The van der Waals surface area contributed by atoms with E-state index in [-0.39, 0.29) is 35.6 Å².